The molecule has 2 heterocycles. The number of nitrogens with zero attached hydrogens (tertiary/aromatic N) is 1. The molecule has 0 aliphatic rings. The van der Waals surface area contributed by atoms with Crippen molar-refractivity contribution in [3.63, 3.8) is 0 Å². The fourth-order valence-electron chi connectivity index (χ4n) is 2.08. The number of ether oxygens (including phenoxy) is 1. The first-order chi connectivity index (χ1) is 13.3. The summed E-state index contributed by atoms with van der Waals surface area (Å²) in [4.78, 5) is 27.7. The minimum atomic E-state index is -4.77. The van der Waals surface area contributed by atoms with Crippen molar-refractivity contribution < 1.29 is 36.3 Å². The lowest BCUT2D eigenvalue weighted by atomic mass is 10.2. The van der Waals surface area contributed by atoms with Crippen LogP contribution < -0.4 is 15.4 Å². The second kappa shape index (κ2) is 7.86. The number of hydrogen-bond donors (Lipinski definition) is 2. The molecule has 0 fully saturated rings. The van der Waals surface area contributed by atoms with Crippen molar-refractivity contribution in [2.24, 2.45) is 0 Å². The summed E-state index contributed by atoms with van der Waals surface area (Å²) in [5, 5.41) is 4.84. The van der Waals surface area contributed by atoms with Gasteiger partial charge >= 0.3 is 12.4 Å². The Labute approximate surface area is 155 Å². The number of oxazole rings is 1. The first-order valence-corrected chi connectivity index (χ1v) is 7.73. The second-order valence-electron chi connectivity index (χ2n) is 5.34. The van der Waals surface area contributed by atoms with Crippen molar-refractivity contribution >= 4 is 17.8 Å². The predicted octanol–water partition coefficient (Wildman–Crippen LogP) is 3.35. The zero-order valence-electron chi connectivity index (χ0n) is 13.9. The molecule has 28 heavy (non-hydrogen) atoms. The normalized spacial score (nSPS) is 11.1. The Hall–Kier alpha value is -3.76. The van der Waals surface area contributed by atoms with Gasteiger partial charge in [-0.25, -0.2) is 0 Å². The molecular formula is C17H12F3N3O5. The molecule has 3 rings (SSSR count). The maximum absolute atomic E-state index is 12.1. The van der Waals surface area contributed by atoms with Crippen LogP contribution in [0.2, 0.25) is 0 Å². The molecule has 0 spiro atoms. The van der Waals surface area contributed by atoms with Gasteiger partial charge in [0.2, 0.25) is 0 Å². The van der Waals surface area contributed by atoms with E-state index in [2.05, 4.69) is 20.4 Å². The fourth-order valence-corrected chi connectivity index (χ4v) is 2.08. The fraction of sp³-hybridized carbons (Fsp3) is 0.118. The maximum atomic E-state index is 12.1. The molecule has 0 aliphatic heterocycles. The molecule has 0 unspecified atom stereocenters. The summed E-state index contributed by atoms with van der Waals surface area (Å²) in [5.74, 6) is -1.52. The molecule has 8 nitrogen and oxygen atoms in total. The smallest absolute Gasteiger partial charge is 0.459 e. The van der Waals surface area contributed by atoms with Crippen LogP contribution >= 0.6 is 0 Å². The van der Waals surface area contributed by atoms with E-state index in [1.807, 2.05) is 0 Å². The van der Waals surface area contributed by atoms with Crippen LogP contribution in [0.4, 0.5) is 19.2 Å². The van der Waals surface area contributed by atoms with Crippen molar-refractivity contribution in [2.45, 2.75) is 12.9 Å². The zero-order valence-corrected chi connectivity index (χ0v) is 13.9. The summed E-state index contributed by atoms with van der Waals surface area (Å²) in [6, 6.07) is 7.79. The number of rotatable bonds is 6. The quantitative estimate of drug-likeness (QED) is 0.663. The number of anilines is 1. The number of carbonyl (C=O) groups excluding carboxylic acids is 2. The Morgan fingerprint density at radius 1 is 1.07 bits per heavy atom. The average molecular weight is 395 g/mol. The van der Waals surface area contributed by atoms with E-state index >= 15 is 0 Å². The Bertz CT molecular complexity index is 949. The summed E-state index contributed by atoms with van der Waals surface area (Å²) in [5.41, 5.74) is 0.449. The topological polar surface area (TPSA) is 107 Å². The summed E-state index contributed by atoms with van der Waals surface area (Å²) in [6.07, 6.45) is -2.40. The van der Waals surface area contributed by atoms with E-state index in [4.69, 9.17) is 8.83 Å². The molecule has 2 N–H and O–H groups in total. The molecule has 0 saturated heterocycles. The number of hydrogen-bond acceptors (Lipinski definition) is 6. The molecule has 2 aromatic heterocycles. The monoisotopic (exact) mass is 395 g/mol. The second-order valence-corrected chi connectivity index (χ2v) is 5.34. The van der Waals surface area contributed by atoms with Crippen LogP contribution in [-0.4, -0.2) is 23.2 Å². The van der Waals surface area contributed by atoms with E-state index in [9.17, 15) is 22.8 Å². The van der Waals surface area contributed by atoms with E-state index in [-0.39, 0.29) is 29.8 Å². The van der Waals surface area contributed by atoms with Crippen LogP contribution in [0.5, 0.6) is 5.75 Å². The number of halogens is 3. The van der Waals surface area contributed by atoms with Crippen molar-refractivity contribution in [3.05, 3.63) is 65.9 Å². The highest BCUT2D eigenvalue weighted by molar-refractivity contribution is 6.01. The van der Waals surface area contributed by atoms with Crippen LogP contribution in [-0.2, 0) is 6.54 Å². The van der Waals surface area contributed by atoms with Crippen LogP contribution in [0.1, 0.15) is 26.6 Å². The van der Waals surface area contributed by atoms with Crippen molar-refractivity contribution in [3.8, 4) is 5.75 Å². The van der Waals surface area contributed by atoms with Gasteiger partial charge in [-0.05, 0) is 29.8 Å². The summed E-state index contributed by atoms with van der Waals surface area (Å²) in [7, 11) is 0. The largest absolute Gasteiger partial charge is 0.573 e. The molecule has 11 heteroatoms. The van der Waals surface area contributed by atoms with Crippen LogP contribution in [0.15, 0.2) is 57.8 Å². The van der Waals surface area contributed by atoms with Gasteiger partial charge in [0.15, 0.2) is 11.5 Å². The van der Waals surface area contributed by atoms with E-state index in [1.165, 1.54) is 30.5 Å². The van der Waals surface area contributed by atoms with Crippen molar-refractivity contribution in [1.82, 2.24) is 10.3 Å². The average Bonchev–Trinajstić information content (AvgIpc) is 3.31. The van der Waals surface area contributed by atoms with Crippen LogP contribution in [0.25, 0.3) is 0 Å². The number of aromatic nitrogens is 1. The number of amides is 2. The number of furan rings is 1. The molecule has 3 aromatic rings. The molecule has 0 atom stereocenters. The van der Waals surface area contributed by atoms with Gasteiger partial charge in [0.25, 0.3) is 11.8 Å². The minimum absolute atomic E-state index is 0.0338. The van der Waals surface area contributed by atoms with Gasteiger partial charge in [-0.1, -0.05) is 12.1 Å². The molecule has 0 aliphatic carbocycles. The van der Waals surface area contributed by atoms with E-state index < -0.39 is 18.2 Å². The first-order valence-electron chi connectivity index (χ1n) is 7.73. The van der Waals surface area contributed by atoms with Gasteiger partial charge in [-0.2, -0.15) is 4.98 Å². The van der Waals surface area contributed by atoms with Crippen molar-refractivity contribution in [2.75, 3.05) is 5.32 Å². The van der Waals surface area contributed by atoms with Gasteiger partial charge in [0.05, 0.1) is 6.26 Å². The van der Waals surface area contributed by atoms with Gasteiger partial charge in [0, 0.05) is 6.54 Å². The zero-order chi connectivity index (χ0) is 20.1. The van der Waals surface area contributed by atoms with Crippen LogP contribution in [0.3, 0.4) is 0 Å². The number of benzene rings is 1. The molecule has 2 amide bonds. The summed E-state index contributed by atoms with van der Waals surface area (Å²) >= 11 is 0. The summed E-state index contributed by atoms with van der Waals surface area (Å²) in [6.45, 7) is 0.0338. The molecule has 0 radical (unpaired) electrons. The highest BCUT2D eigenvalue weighted by Crippen LogP contribution is 2.22. The standard InChI is InChI=1S/C17H12F3N3O5/c18-17(19,20)28-11-5-3-10(4-6-11)8-21-14(24)12-9-27-16(22-12)23-15(25)13-2-1-7-26-13/h1-7,9H,8H2,(H,21,24)(H,22,23,25). The Balaban J connectivity index is 1.52. The predicted molar refractivity (Wildman–Crippen MR) is 87.5 cm³/mol. The lowest BCUT2D eigenvalue weighted by Gasteiger charge is -2.09. The number of nitrogens with one attached hydrogen (secondary N) is 2. The number of carbonyl (C=O) groups is 2. The van der Waals surface area contributed by atoms with Crippen molar-refractivity contribution in [1.29, 1.82) is 0 Å². The Kier molecular flexibility index (Phi) is 5.34. The Morgan fingerprint density at radius 3 is 2.46 bits per heavy atom. The molecule has 0 bridgehead atoms. The lowest BCUT2D eigenvalue weighted by Crippen LogP contribution is -2.23. The number of alkyl halides is 3. The third-order valence-electron chi connectivity index (χ3n) is 3.31. The SMILES string of the molecule is O=C(NCc1ccc(OC(F)(F)F)cc1)c1coc(NC(=O)c2ccco2)n1. The summed E-state index contributed by atoms with van der Waals surface area (Å²) < 4.78 is 50.0. The van der Waals surface area contributed by atoms with E-state index in [0.29, 0.717) is 5.56 Å². The van der Waals surface area contributed by atoms with E-state index in [1.54, 1.807) is 0 Å². The first kappa shape index (κ1) is 19.0. The molecule has 146 valence electrons. The highest BCUT2D eigenvalue weighted by Gasteiger charge is 2.30. The maximum Gasteiger partial charge on any atom is 0.573 e. The van der Waals surface area contributed by atoms with Crippen LogP contribution in [0, 0.1) is 0 Å². The highest BCUT2D eigenvalue weighted by atomic mass is 19.4. The van der Waals surface area contributed by atoms with Gasteiger partial charge in [-0.15, -0.1) is 13.2 Å². The minimum Gasteiger partial charge on any atom is -0.459 e. The molecular weight excluding hydrogens is 383 g/mol. The Morgan fingerprint density at radius 2 is 1.82 bits per heavy atom. The van der Waals surface area contributed by atoms with E-state index in [0.717, 1.165) is 18.4 Å². The third kappa shape index (κ3) is 5.13. The molecule has 0 saturated carbocycles. The van der Waals surface area contributed by atoms with Gasteiger partial charge < -0.3 is 18.9 Å². The van der Waals surface area contributed by atoms with Gasteiger partial charge in [0.1, 0.15) is 12.0 Å². The van der Waals surface area contributed by atoms with Gasteiger partial charge in [-0.3, -0.25) is 14.9 Å². The molecule has 1 aromatic carbocycles. The lowest BCUT2D eigenvalue weighted by molar-refractivity contribution is -0.274. The third-order valence-corrected chi connectivity index (χ3v) is 3.31.